The molecule has 90 valence electrons. The molecule has 1 N–H and O–H groups in total. The normalized spacial score (nSPS) is 13.6. The van der Waals surface area contributed by atoms with Crippen LogP contribution in [0.1, 0.15) is 39.2 Å². The zero-order valence-corrected chi connectivity index (χ0v) is 11.8. The molecule has 16 heavy (non-hydrogen) atoms. The van der Waals surface area contributed by atoms with Gasteiger partial charge in [-0.15, -0.1) is 0 Å². The van der Waals surface area contributed by atoms with Crippen molar-refractivity contribution in [3.05, 3.63) is 28.2 Å². The fraction of sp³-hybridized carbons (Fsp3) is 0.538. The zero-order chi connectivity index (χ0) is 12.3. The van der Waals surface area contributed by atoms with E-state index in [2.05, 4.69) is 15.9 Å². The van der Waals surface area contributed by atoms with Crippen molar-refractivity contribution in [3.63, 3.8) is 0 Å². The molecule has 0 saturated heterocycles. The van der Waals surface area contributed by atoms with Gasteiger partial charge in [0, 0.05) is 12.5 Å². The molecular weight excluding hydrogens is 268 g/mol. The largest absolute Gasteiger partial charge is 0.487 e. The highest BCUT2D eigenvalue weighted by Crippen LogP contribution is 2.34. The maximum atomic E-state index is 9.17. The Hall–Kier alpha value is -0.540. The maximum absolute atomic E-state index is 9.17. The molecule has 0 radical (unpaired) electrons. The molecule has 0 heterocycles. The Morgan fingerprint density at radius 1 is 1.38 bits per heavy atom. The molecule has 0 fully saturated rings. The summed E-state index contributed by atoms with van der Waals surface area (Å²) in [6.07, 6.45) is 0. The van der Waals surface area contributed by atoms with Crippen LogP contribution >= 0.6 is 15.9 Å². The second kappa shape index (κ2) is 5.19. The van der Waals surface area contributed by atoms with E-state index in [0.717, 1.165) is 15.8 Å². The molecule has 0 amide bonds. The van der Waals surface area contributed by atoms with Crippen molar-refractivity contribution in [2.75, 3.05) is 6.61 Å². The van der Waals surface area contributed by atoms with Crippen LogP contribution in [-0.4, -0.2) is 17.3 Å². The maximum Gasteiger partial charge on any atom is 0.134 e. The predicted octanol–water partition coefficient (Wildman–Crippen LogP) is 3.72. The topological polar surface area (TPSA) is 29.5 Å². The van der Waals surface area contributed by atoms with Crippen molar-refractivity contribution in [2.24, 2.45) is 0 Å². The van der Waals surface area contributed by atoms with Crippen LogP contribution in [-0.2, 0) is 0 Å². The number of ether oxygens (including phenoxy) is 1. The van der Waals surface area contributed by atoms with Gasteiger partial charge in [-0.25, -0.2) is 0 Å². The second-order valence-electron chi connectivity index (χ2n) is 4.96. The first kappa shape index (κ1) is 13.5. The molecule has 1 atom stereocenters. The summed E-state index contributed by atoms with van der Waals surface area (Å²) in [6, 6.07) is 5.89. The van der Waals surface area contributed by atoms with Crippen molar-refractivity contribution in [1.82, 2.24) is 0 Å². The Morgan fingerprint density at radius 3 is 2.50 bits per heavy atom. The summed E-state index contributed by atoms with van der Waals surface area (Å²) in [5, 5.41) is 9.17. The van der Waals surface area contributed by atoms with Gasteiger partial charge in [-0.05, 0) is 48.3 Å². The van der Waals surface area contributed by atoms with E-state index in [4.69, 9.17) is 4.74 Å². The highest BCUT2D eigenvalue weighted by molar-refractivity contribution is 9.10. The van der Waals surface area contributed by atoms with Gasteiger partial charge < -0.3 is 9.84 Å². The lowest BCUT2D eigenvalue weighted by Crippen LogP contribution is -2.23. The van der Waals surface area contributed by atoms with Gasteiger partial charge in [0.05, 0.1) is 4.47 Å². The van der Waals surface area contributed by atoms with E-state index in [9.17, 15) is 5.11 Å². The minimum atomic E-state index is -0.219. The van der Waals surface area contributed by atoms with Crippen LogP contribution in [0, 0.1) is 0 Å². The van der Waals surface area contributed by atoms with Crippen LogP contribution in [0.2, 0.25) is 0 Å². The highest BCUT2D eigenvalue weighted by atomic mass is 79.9. The van der Waals surface area contributed by atoms with Crippen LogP contribution in [0.5, 0.6) is 5.75 Å². The van der Waals surface area contributed by atoms with E-state index in [1.165, 1.54) is 0 Å². The molecule has 0 saturated carbocycles. The van der Waals surface area contributed by atoms with Crippen molar-refractivity contribution >= 4 is 15.9 Å². The molecule has 0 aromatic heterocycles. The highest BCUT2D eigenvalue weighted by Gasteiger charge is 2.17. The van der Waals surface area contributed by atoms with E-state index >= 15 is 0 Å². The summed E-state index contributed by atoms with van der Waals surface area (Å²) < 4.78 is 6.78. The van der Waals surface area contributed by atoms with Crippen LogP contribution in [0.25, 0.3) is 0 Å². The lowest BCUT2D eigenvalue weighted by atomic mass is 10.0. The number of benzene rings is 1. The summed E-state index contributed by atoms with van der Waals surface area (Å²) >= 11 is 3.54. The van der Waals surface area contributed by atoms with Crippen LogP contribution in [0.15, 0.2) is 22.7 Å². The van der Waals surface area contributed by atoms with Gasteiger partial charge in [-0.1, -0.05) is 19.1 Å². The summed E-state index contributed by atoms with van der Waals surface area (Å²) in [5.74, 6) is 0.934. The first-order valence-corrected chi connectivity index (χ1v) is 6.22. The summed E-state index contributed by atoms with van der Waals surface area (Å²) in [5.41, 5.74) is 0.855. The van der Waals surface area contributed by atoms with Gasteiger partial charge in [0.2, 0.25) is 0 Å². The molecule has 0 aliphatic carbocycles. The first-order chi connectivity index (χ1) is 7.35. The third kappa shape index (κ3) is 3.49. The molecule has 1 unspecified atom stereocenters. The minimum Gasteiger partial charge on any atom is -0.487 e. The van der Waals surface area contributed by atoms with Crippen LogP contribution in [0.3, 0.4) is 0 Å². The van der Waals surface area contributed by atoms with Crippen molar-refractivity contribution in [3.8, 4) is 5.75 Å². The number of rotatable bonds is 3. The van der Waals surface area contributed by atoms with E-state index in [-0.39, 0.29) is 18.1 Å². The standard InChI is InChI=1S/C13H19BrO2/c1-9(8-15)10-6-5-7-11(12(10)14)16-13(2,3)4/h5-7,9,15H,8H2,1-4H3. The average molecular weight is 287 g/mol. The minimum absolute atomic E-state index is 0.109. The average Bonchev–Trinajstić information content (AvgIpc) is 2.18. The number of hydrogen-bond acceptors (Lipinski definition) is 2. The van der Waals surface area contributed by atoms with Crippen molar-refractivity contribution in [2.45, 2.75) is 39.2 Å². The summed E-state index contributed by atoms with van der Waals surface area (Å²) in [7, 11) is 0. The summed E-state index contributed by atoms with van der Waals surface area (Å²) in [4.78, 5) is 0. The van der Waals surface area contributed by atoms with E-state index in [1.54, 1.807) is 0 Å². The quantitative estimate of drug-likeness (QED) is 0.918. The van der Waals surface area contributed by atoms with Gasteiger partial charge in [0.1, 0.15) is 11.4 Å². The first-order valence-electron chi connectivity index (χ1n) is 5.43. The summed E-state index contributed by atoms with van der Waals surface area (Å²) in [6.45, 7) is 8.17. The fourth-order valence-electron chi connectivity index (χ4n) is 1.42. The third-order valence-corrected chi connectivity index (χ3v) is 3.06. The molecule has 1 aromatic rings. The Bertz CT molecular complexity index is 355. The van der Waals surface area contributed by atoms with Crippen LogP contribution < -0.4 is 4.74 Å². The molecule has 0 spiro atoms. The van der Waals surface area contributed by atoms with Crippen molar-refractivity contribution in [1.29, 1.82) is 0 Å². The SMILES string of the molecule is CC(CO)c1cccc(OC(C)(C)C)c1Br. The lowest BCUT2D eigenvalue weighted by Gasteiger charge is -2.23. The van der Waals surface area contributed by atoms with Crippen LogP contribution in [0.4, 0.5) is 0 Å². The fourth-order valence-corrected chi connectivity index (χ4v) is 2.15. The van der Waals surface area contributed by atoms with Gasteiger partial charge in [0.25, 0.3) is 0 Å². The Morgan fingerprint density at radius 2 is 2.00 bits per heavy atom. The molecule has 1 rings (SSSR count). The number of aliphatic hydroxyl groups is 1. The monoisotopic (exact) mass is 286 g/mol. The number of aliphatic hydroxyl groups excluding tert-OH is 1. The molecule has 0 bridgehead atoms. The van der Waals surface area contributed by atoms with Gasteiger partial charge in [-0.2, -0.15) is 0 Å². The van der Waals surface area contributed by atoms with Gasteiger partial charge in [0.15, 0.2) is 0 Å². The zero-order valence-electron chi connectivity index (χ0n) is 10.2. The Balaban J connectivity index is 3.04. The molecule has 0 aliphatic rings. The van der Waals surface area contributed by atoms with E-state index in [0.29, 0.717) is 0 Å². The predicted molar refractivity (Wildman–Crippen MR) is 70.0 cm³/mol. The molecule has 0 aliphatic heterocycles. The number of halogens is 1. The van der Waals surface area contributed by atoms with Gasteiger partial charge >= 0.3 is 0 Å². The smallest absolute Gasteiger partial charge is 0.134 e. The van der Waals surface area contributed by atoms with Crippen molar-refractivity contribution < 1.29 is 9.84 Å². The third-order valence-electron chi connectivity index (χ3n) is 2.21. The lowest BCUT2D eigenvalue weighted by molar-refractivity contribution is 0.129. The Kier molecular flexibility index (Phi) is 4.39. The number of hydrogen-bond donors (Lipinski definition) is 1. The van der Waals surface area contributed by atoms with E-state index in [1.807, 2.05) is 45.9 Å². The molecular formula is C13H19BrO2. The Labute approximate surface area is 106 Å². The second-order valence-corrected chi connectivity index (χ2v) is 5.75. The molecule has 3 heteroatoms. The molecule has 1 aromatic carbocycles. The van der Waals surface area contributed by atoms with E-state index < -0.39 is 0 Å². The van der Waals surface area contributed by atoms with Gasteiger partial charge in [-0.3, -0.25) is 0 Å². The molecule has 2 nitrogen and oxygen atoms in total.